The highest BCUT2D eigenvalue weighted by Crippen LogP contribution is 2.21. The van der Waals surface area contributed by atoms with Crippen LogP contribution in [0, 0.1) is 0 Å². The minimum atomic E-state index is 0.552. The second kappa shape index (κ2) is 8.95. The number of ether oxygens (including phenoxy) is 3. The van der Waals surface area contributed by atoms with Crippen molar-refractivity contribution in [1.29, 1.82) is 0 Å². The Morgan fingerprint density at radius 1 is 0.909 bits per heavy atom. The van der Waals surface area contributed by atoms with Crippen molar-refractivity contribution in [2.24, 2.45) is 0 Å². The zero-order valence-electron chi connectivity index (χ0n) is 13.2. The molecule has 0 aliphatic heterocycles. The molecule has 118 valence electrons. The first-order chi connectivity index (χ1) is 10.8. The van der Waals surface area contributed by atoms with Crippen molar-refractivity contribution in [3.8, 4) is 11.5 Å². The Balaban J connectivity index is 1.93. The lowest BCUT2D eigenvalue weighted by Crippen LogP contribution is -2.07. The first kappa shape index (κ1) is 16.2. The molecule has 0 saturated heterocycles. The van der Waals surface area contributed by atoms with Gasteiger partial charge < -0.3 is 19.5 Å². The van der Waals surface area contributed by atoms with E-state index < -0.39 is 0 Å². The molecule has 4 heteroatoms. The third-order valence-electron chi connectivity index (χ3n) is 3.17. The number of anilines is 1. The van der Waals surface area contributed by atoms with Crippen molar-refractivity contribution in [1.82, 2.24) is 0 Å². The van der Waals surface area contributed by atoms with Gasteiger partial charge in [0.1, 0.15) is 18.1 Å². The number of para-hydroxylation sites is 1. The predicted molar refractivity (Wildman–Crippen MR) is 88.8 cm³/mol. The van der Waals surface area contributed by atoms with Crippen molar-refractivity contribution in [2.45, 2.75) is 13.5 Å². The summed E-state index contributed by atoms with van der Waals surface area (Å²) >= 11 is 0. The molecule has 1 N–H and O–H groups in total. The van der Waals surface area contributed by atoms with Crippen LogP contribution in [0.1, 0.15) is 12.5 Å². The van der Waals surface area contributed by atoms with E-state index in [9.17, 15) is 0 Å². The average Bonchev–Trinajstić information content (AvgIpc) is 2.56. The summed E-state index contributed by atoms with van der Waals surface area (Å²) in [5.74, 6) is 1.77. The molecular weight excluding hydrogens is 278 g/mol. The third kappa shape index (κ3) is 4.97. The summed E-state index contributed by atoms with van der Waals surface area (Å²) in [7, 11) is 1.67. The molecule has 0 aliphatic rings. The van der Waals surface area contributed by atoms with Crippen LogP contribution in [0.4, 0.5) is 5.69 Å². The van der Waals surface area contributed by atoms with Crippen LogP contribution in [0.2, 0.25) is 0 Å². The van der Waals surface area contributed by atoms with Crippen LogP contribution in [-0.4, -0.2) is 26.9 Å². The summed E-state index contributed by atoms with van der Waals surface area (Å²) in [4.78, 5) is 0. The number of hydrogen-bond acceptors (Lipinski definition) is 4. The van der Waals surface area contributed by atoms with Gasteiger partial charge in [0.05, 0.1) is 13.2 Å². The van der Waals surface area contributed by atoms with Crippen molar-refractivity contribution in [2.75, 3.05) is 32.2 Å². The number of methoxy groups -OCH3 is 1. The van der Waals surface area contributed by atoms with Crippen LogP contribution >= 0.6 is 0 Å². The zero-order chi connectivity index (χ0) is 15.6. The first-order valence-electron chi connectivity index (χ1n) is 7.50. The average molecular weight is 301 g/mol. The lowest BCUT2D eigenvalue weighted by molar-refractivity contribution is 0.146. The fraction of sp³-hybridized carbons (Fsp3) is 0.333. The lowest BCUT2D eigenvalue weighted by atomic mass is 10.2. The number of nitrogens with one attached hydrogen (secondary N) is 1. The van der Waals surface area contributed by atoms with E-state index in [4.69, 9.17) is 14.2 Å². The maximum atomic E-state index is 5.73. The molecule has 0 atom stereocenters. The van der Waals surface area contributed by atoms with Gasteiger partial charge in [0.25, 0.3) is 0 Å². The summed E-state index contributed by atoms with van der Waals surface area (Å²) in [6.07, 6.45) is 0. The topological polar surface area (TPSA) is 39.7 Å². The Bertz CT molecular complexity index is 555. The van der Waals surface area contributed by atoms with E-state index in [1.54, 1.807) is 7.11 Å². The van der Waals surface area contributed by atoms with Crippen molar-refractivity contribution >= 4 is 5.69 Å². The highest BCUT2D eigenvalue weighted by molar-refractivity contribution is 5.47. The summed E-state index contributed by atoms with van der Waals surface area (Å²) in [6, 6.07) is 16.0. The molecule has 2 aromatic carbocycles. The third-order valence-corrected chi connectivity index (χ3v) is 3.17. The summed E-state index contributed by atoms with van der Waals surface area (Å²) < 4.78 is 16.2. The normalized spacial score (nSPS) is 10.3. The fourth-order valence-corrected chi connectivity index (χ4v) is 2.06. The quantitative estimate of drug-likeness (QED) is 0.717. The van der Waals surface area contributed by atoms with E-state index in [1.807, 2.05) is 49.4 Å². The molecule has 0 bridgehead atoms. The molecular formula is C18H23NO3. The van der Waals surface area contributed by atoms with Gasteiger partial charge in [-0.2, -0.15) is 0 Å². The monoisotopic (exact) mass is 301 g/mol. The molecule has 0 fully saturated rings. The van der Waals surface area contributed by atoms with E-state index in [2.05, 4.69) is 11.4 Å². The minimum absolute atomic E-state index is 0.552. The maximum absolute atomic E-state index is 5.73. The molecule has 0 amide bonds. The van der Waals surface area contributed by atoms with Crippen molar-refractivity contribution in [3.63, 3.8) is 0 Å². The van der Waals surface area contributed by atoms with Crippen molar-refractivity contribution in [3.05, 3.63) is 54.1 Å². The lowest BCUT2D eigenvalue weighted by Gasteiger charge is -2.13. The molecule has 0 heterocycles. The molecule has 0 aliphatic carbocycles. The second-order valence-corrected chi connectivity index (χ2v) is 4.76. The molecule has 22 heavy (non-hydrogen) atoms. The molecule has 0 aromatic heterocycles. The molecule has 2 aromatic rings. The van der Waals surface area contributed by atoms with Gasteiger partial charge in [-0.25, -0.2) is 0 Å². The Morgan fingerprint density at radius 2 is 1.68 bits per heavy atom. The van der Waals surface area contributed by atoms with E-state index in [1.165, 1.54) is 0 Å². The second-order valence-electron chi connectivity index (χ2n) is 4.76. The van der Waals surface area contributed by atoms with E-state index >= 15 is 0 Å². The fourth-order valence-electron chi connectivity index (χ4n) is 2.06. The summed E-state index contributed by atoms with van der Waals surface area (Å²) in [6.45, 7) is 4.50. The Labute approximate surface area is 132 Å². The Hall–Kier alpha value is -2.20. The minimum Gasteiger partial charge on any atom is -0.494 e. The van der Waals surface area contributed by atoms with Gasteiger partial charge in [-0.15, -0.1) is 0 Å². The van der Waals surface area contributed by atoms with E-state index in [0.717, 1.165) is 22.7 Å². The van der Waals surface area contributed by atoms with Crippen LogP contribution in [0.25, 0.3) is 0 Å². The molecule has 0 unspecified atom stereocenters. The van der Waals surface area contributed by atoms with Crippen LogP contribution in [0.5, 0.6) is 11.5 Å². The van der Waals surface area contributed by atoms with E-state index in [0.29, 0.717) is 26.4 Å². The van der Waals surface area contributed by atoms with Gasteiger partial charge >= 0.3 is 0 Å². The maximum Gasteiger partial charge on any atom is 0.124 e. The Kier molecular flexibility index (Phi) is 6.58. The molecule has 0 saturated carbocycles. The van der Waals surface area contributed by atoms with Gasteiger partial charge in [0.2, 0.25) is 0 Å². The molecule has 2 rings (SSSR count). The first-order valence-corrected chi connectivity index (χ1v) is 7.50. The van der Waals surface area contributed by atoms with E-state index in [-0.39, 0.29) is 0 Å². The SMILES string of the molecule is CCOc1ccc(NCc2ccccc2OCCOC)cc1. The molecule has 0 radical (unpaired) electrons. The standard InChI is InChI=1S/C18H23NO3/c1-3-21-17-10-8-16(9-11-17)19-14-15-6-4-5-7-18(15)22-13-12-20-2/h4-11,19H,3,12-14H2,1-2H3. The molecule has 4 nitrogen and oxygen atoms in total. The highest BCUT2D eigenvalue weighted by Gasteiger charge is 2.03. The summed E-state index contributed by atoms with van der Waals surface area (Å²) in [5, 5.41) is 3.39. The zero-order valence-corrected chi connectivity index (χ0v) is 13.2. The van der Waals surface area contributed by atoms with Gasteiger partial charge in [-0.3, -0.25) is 0 Å². The predicted octanol–water partition coefficient (Wildman–Crippen LogP) is 3.72. The van der Waals surface area contributed by atoms with Crippen LogP contribution < -0.4 is 14.8 Å². The van der Waals surface area contributed by atoms with Gasteiger partial charge in [-0.05, 0) is 37.3 Å². The number of hydrogen-bond donors (Lipinski definition) is 1. The van der Waals surface area contributed by atoms with Crippen LogP contribution in [0.3, 0.4) is 0 Å². The number of benzene rings is 2. The van der Waals surface area contributed by atoms with Crippen molar-refractivity contribution < 1.29 is 14.2 Å². The van der Waals surface area contributed by atoms with Crippen LogP contribution in [0.15, 0.2) is 48.5 Å². The van der Waals surface area contributed by atoms with Crippen LogP contribution in [-0.2, 0) is 11.3 Å². The summed E-state index contributed by atoms with van der Waals surface area (Å²) in [5.41, 5.74) is 2.17. The smallest absolute Gasteiger partial charge is 0.124 e. The number of rotatable bonds is 9. The molecule has 0 spiro atoms. The van der Waals surface area contributed by atoms with Gasteiger partial charge in [0.15, 0.2) is 0 Å². The Morgan fingerprint density at radius 3 is 2.41 bits per heavy atom. The van der Waals surface area contributed by atoms with Gasteiger partial charge in [0, 0.05) is 24.9 Å². The van der Waals surface area contributed by atoms with Gasteiger partial charge in [-0.1, -0.05) is 18.2 Å². The highest BCUT2D eigenvalue weighted by atomic mass is 16.5. The largest absolute Gasteiger partial charge is 0.494 e.